The topological polar surface area (TPSA) is 82.8 Å². The zero-order chi connectivity index (χ0) is 12.3. The van der Waals surface area contributed by atoms with Gasteiger partial charge in [-0.3, -0.25) is 9.48 Å². The predicted octanol–water partition coefficient (Wildman–Crippen LogP) is 0.0391. The number of ether oxygens (including phenoxy) is 1. The number of carbonyl (C=O) groups is 1. The summed E-state index contributed by atoms with van der Waals surface area (Å²) in [6.45, 7) is 0. The second-order valence-corrected chi connectivity index (χ2v) is 3.35. The fourth-order valence-corrected chi connectivity index (χ4v) is 1.32. The van der Waals surface area contributed by atoms with Crippen LogP contribution in [0.2, 0.25) is 0 Å². The summed E-state index contributed by atoms with van der Waals surface area (Å²) >= 11 is 0. The third-order valence-corrected chi connectivity index (χ3v) is 2.26. The van der Waals surface area contributed by atoms with E-state index in [0.717, 1.165) is 0 Å². The van der Waals surface area contributed by atoms with Crippen molar-refractivity contribution in [3.63, 3.8) is 0 Å². The lowest BCUT2D eigenvalue weighted by Gasteiger charge is -2.01. The molecule has 2 aromatic heterocycles. The minimum absolute atomic E-state index is 0.149. The van der Waals surface area contributed by atoms with E-state index in [2.05, 4.69) is 20.1 Å². The Balaban J connectivity index is 2.17. The van der Waals surface area contributed by atoms with Crippen LogP contribution in [0.4, 0.5) is 0 Å². The molecule has 0 saturated carbocycles. The van der Waals surface area contributed by atoms with Crippen LogP contribution in [0.25, 0.3) is 0 Å². The van der Waals surface area contributed by atoms with Gasteiger partial charge in [0.1, 0.15) is 24.2 Å². The van der Waals surface area contributed by atoms with Gasteiger partial charge < -0.3 is 4.74 Å². The zero-order valence-electron chi connectivity index (χ0n) is 9.49. The minimum Gasteiger partial charge on any atom is -0.481 e. The highest BCUT2D eigenvalue weighted by molar-refractivity contribution is 5.95. The third-order valence-electron chi connectivity index (χ3n) is 2.26. The lowest BCUT2D eigenvalue weighted by Crippen LogP contribution is -2.11. The van der Waals surface area contributed by atoms with Crippen molar-refractivity contribution in [2.24, 2.45) is 7.05 Å². The second kappa shape index (κ2) is 4.69. The number of Topliss-reactive ketones (excluding diaryl/α,β-unsaturated/α-hetero) is 1. The maximum Gasteiger partial charge on any atom is 0.216 e. The van der Waals surface area contributed by atoms with Crippen molar-refractivity contribution in [3.8, 4) is 5.88 Å². The van der Waals surface area contributed by atoms with Gasteiger partial charge >= 0.3 is 0 Å². The summed E-state index contributed by atoms with van der Waals surface area (Å²) in [7, 11) is 3.22. The Morgan fingerprint density at radius 3 is 2.82 bits per heavy atom. The molecule has 17 heavy (non-hydrogen) atoms. The maximum atomic E-state index is 11.9. The number of carbonyl (C=O) groups excluding carboxylic acids is 1. The Morgan fingerprint density at radius 2 is 2.18 bits per heavy atom. The predicted molar refractivity (Wildman–Crippen MR) is 57.6 cm³/mol. The van der Waals surface area contributed by atoms with E-state index >= 15 is 0 Å². The molecule has 0 N–H and O–H groups in total. The van der Waals surface area contributed by atoms with Crippen molar-refractivity contribution in [1.29, 1.82) is 0 Å². The molecule has 88 valence electrons. The molecule has 0 atom stereocenters. The van der Waals surface area contributed by atoms with Crippen LogP contribution in [0.3, 0.4) is 0 Å². The molecule has 0 aliphatic rings. The fourth-order valence-electron chi connectivity index (χ4n) is 1.32. The smallest absolute Gasteiger partial charge is 0.216 e. The minimum atomic E-state index is -0.151. The fraction of sp³-hybridized carbons (Fsp3) is 0.300. The molecule has 0 unspecified atom stereocenters. The number of rotatable bonds is 4. The first kappa shape index (κ1) is 11.2. The van der Waals surface area contributed by atoms with Crippen LogP contribution >= 0.6 is 0 Å². The van der Waals surface area contributed by atoms with Gasteiger partial charge in [0.25, 0.3) is 0 Å². The monoisotopic (exact) mass is 233 g/mol. The molecule has 0 radical (unpaired) electrons. The van der Waals surface area contributed by atoms with Crippen molar-refractivity contribution < 1.29 is 9.53 Å². The number of aryl methyl sites for hydroxylation is 1. The Kier molecular flexibility index (Phi) is 3.08. The van der Waals surface area contributed by atoms with Crippen molar-refractivity contribution in [1.82, 2.24) is 24.7 Å². The van der Waals surface area contributed by atoms with Gasteiger partial charge in [0.15, 0.2) is 5.78 Å². The molecule has 2 aromatic rings. The molecule has 2 rings (SSSR count). The number of aromatic nitrogens is 5. The van der Waals surface area contributed by atoms with E-state index in [1.54, 1.807) is 11.7 Å². The largest absolute Gasteiger partial charge is 0.481 e. The van der Waals surface area contributed by atoms with Gasteiger partial charge in [-0.25, -0.2) is 15.0 Å². The van der Waals surface area contributed by atoms with Gasteiger partial charge in [0.05, 0.1) is 13.5 Å². The molecule has 0 fully saturated rings. The van der Waals surface area contributed by atoms with Crippen LogP contribution in [0.1, 0.15) is 16.3 Å². The summed E-state index contributed by atoms with van der Waals surface area (Å²) in [6.07, 6.45) is 2.85. The van der Waals surface area contributed by atoms with Crippen LogP contribution in [0, 0.1) is 0 Å². The number of methoxy groups -OCH3 is 1. The van der Waals surface area contributed by atoms with Gasteiger partial charge in [0, 0.05) is 13.1 Å². The SMILES string of the molecule is COc1cc(C(=O)Cc2ncnn2C)ncn1. The zero-order valence-corrected chi connectivity index (χ0v) is 9.49. The van der Waals surface area contributed by atoms with E-state index in [-0.39, 0.29) is 12.2 Å². The molecule has 0 aliphatic heterocycles. The number of hydrogen-bond donors (Lipinski definition) is 0. The van der Waals surface area contributed by atoms with Crippen molar-refractivity contribution in [3.05, 3.63) is 30.2 Å². The van der Waals surface area contributed by atoms with E-state index in [9.17, 15) is 4.79 Å². The molecule has 0 spiro atoms. The lowest BCUT2D eigenvalue weighted by atomic mass is 10.2. The first-order valence-corrected chi connectivity index (χ1v) is 4.93. The van der Waals surface area contributed by atoms with E-state index < -0.39 is 0 Å². The normalized spacial score (nSPS) is 10.2. The van der Waals surface area contributed by atoms with Crippen LogP contribution in [0.5, 0.6) is 5.88 Å². The Labute approximate surface area is 97.5 Å². The average Bonchev–Trinajstić information content (AvgIpc) is 2.75. The summed E-state index contributed by atoms with van der Waals surface area (Å²) in [5.41, 5.74) is 0.305. The molecular formula is C10H11N5O2. The van der Waals surface area contributed by atoms with Gasteiger partial charge in [-0.2, -0.15) is 5.10 Å². The van der Waals surface area contributed by atoms with Crippen LogP contribution in [0.15, 0.2) is 18.7 Å². The Bertz CT molecular complexity index is 537. The Hall–Kier alpha value is -2.31. The first-order chi connectivity index (χ1) is 8.20. The molecule has 7 heteroatoms. The molecule has 0 bridgehead atoms. The number of nitrogens with zero attached hydrogens (tertiary/aromatic N) is 5. The first-order valence-electron chi connectivity index (χ1n) is 4.93. The van der Waals surface area contributed by atoms with Crippen LogP contribution in [-0.2, 0) is 13.5 Å². The second-order valence-electron chi connectivity index (χ2n) is 3.35. The summed E-state index contributed by atoms with van der Waals surface area (Å²) in [4.78, 5) is 23.6. The Morgan fingerprint density at radius 1 is 1.35 bits per heavy atom. The van der Waals surface area contributed by atoms with Crippen molar-refractivity contribution in [2.75, 3.05) is 7.11 Å². The molecule has 0 saturated heterocycles. The quantitative estimate of drug-likeness (QED) is 0.693. The van der Waals surface area contributed by atoms with Gasteiger partial charge in [-0.05, 0) is 0 Å². The summed E-state index contributed by atoms with van der Waals surface area (Å²) in [5.74, 6) is 0.802. The van der Waals surface area contributed by atoms with E-state index in [4.69, 9.17) is 4.74 Å². The van der Waals surface area contributed by atoms with Crippen LogP contribution in [-0.4, -0.2) is 37.6 Å². The molecule has 7 nitrogen and oxygen atoms in total. The standard InChI is InChI=1S/C10H11N5O2/c1-15-9(12-6-14-15)4-8(16)7-3-10(17-2)13-5-11-7/h3,5-6H,4H2,1-2H3. The third kappa shape index (κ3) is 2.44. The molecule has 0 aliphatic carbocycles. The van der Waals surface area contributed by atoms with Gasteiger partial charge in [-0.15, -0.1) is 0 Å². The number of hydrogen-bond acceptors (Lipinski definition) is 6. The van der Waals surface area contributed by atoms with E-state index in [0.29, 0.717) is 17.4 Å². The highest BCUT2D eigenvalue weighted by atomic mass is 16.5. The number of ketones is 1. The average molecular weight is 233 g/mol. The van der Waals surface area contributed by atoms with Gasteiger partial charge in [0.2, 0.25) is 5.88 Å². The van der Waals surface area contributed by atoms with Crippen molar-refractivity contribution >= 4 is 5.78 Å². The lowest BCUT2D eigenvalue weighted by molar-refractivity contribution is 0.0984. The maximum absolute atomic E-state index is 11.9. The molecule has 0 aromatic carbocycles. The summed E-state index contributed by atoms with van der Waals surface area (Å²) in [5, 5.41) is 3.89. The highest BCUT2D eigenvalue weighted by Crippen LogP contribution is 2.08. The van der Waals surface area contributed by atoms with Gasteiger partial charge in [-0.1, -0.05) is 0 Å². The highest BCUT2D eigenvalue weighted by Gasteiger charge is 2.13. The van der Waals surface area contributed by atoms with Crippen molar-refractivity contribution in [2.45, 2.75) is 6.42 Å². The van der Waals surface area contributed by atoms with E-state index in [1.807, 2.05) is 0 Å². The van der Waals surface area contributed by atoms with Crippen LogP contribution < -0.4 is 4.74 Å². The molecule has 2 heterocycles. The summed E-state index contributed by atoms with van der Waals surface area (Å²) in [6, 6.07) is 1.50. The summed E-state index contributed by atoms with van der Waals surface area (Å²) < 4.78 is 6.48. The molecular weight excluding hydrogens is 222 g/mol. The molecule has 0 amide bonds. The van der Waals surface area contributed by atoms with E-state index in [1.165, 1.54) is 25.8 Å².